The van der Waals surface area contributed by atoms with E-state index in [0.717, 1.165) is 0 Å². The van der Waals surface area contributed by atoms with E-state index in [2.05, 4.69) is 16.2 Å². The second kappa shape index (κ2) is 9.38. The number of carbonyl (C=O) groups is 3. The average molecular weight is 424 g/mol. The Morgan fingerprint density at radius 2 is 1.61 bits per heavy atom. The second-order valence-corrected chi connectivity index (χ2v) is 7.42. The Labute approximate surface area is 179 Å². The lowest BCUT2D eigenvalue weighted by Gasteiger charge is -2.32. The van der Waals surface area contributed by atoms with E-state index in [9.17, 15) is 14.4 Å². The molecule has 2 atom stereocenters. The molecule has 4 amide bonds. The third-order valence-electron chi connectivity index (χ3n) is 5.21. The minimum Gasteiger partial charge on any atom is -0.485 e. The highest BCUT2D eigenvalue weighted by Crippen LogP contribution is 2.30. The van der Waals surface area contributed by atoms with Crippen LogP contribution in [-0.4, -0.2) is 48.5 Å². The van der Waals surface area contributed by atoms with Gasteiger partial charge < -0.3 is 19.7 Å². The molecule has 1 fully saturated rings. The average Bonchev–Trinajstić information content (AvgIpc) is 2.82. The molecule has 4 rings (SSSR count). The summed E-state index contributed by atoms with van der Waals surface area (Å²) in [5, 5.41) is 2.83. The number of amides is 4. The SMILES string of the molecule is O=C(NNC(=O)[C@@H]1COc2ccccc2O1)[C@@H]1CCCN(C(=O)Nc2ccccc2)C1. The van der Waals surface area contributed by atoms with Gasteiger partial charge in [-0.2, -0.15) is 0 Å². The largest absolute Gasteiger partial charge is 0.485 e. The van der Waals surface area contributed by atoms with Crippen molar-refractivity contribution in [3.05, 3.63) is 54.6 Å². The molecule has 2 aliphatic rings. The van der Waals surface area contributed by atoms with E-state index in [0.29, 0.717) is 36.6 Å². The van der Waals surface area contributed by atoms with Crippen LogP contribution in [0.3, 0.4) is 0 Å². The highest BCUT2D eigenvalue weighted by Gasteiger charge is 2.31. The molecule has 0 aromatic heterocycles. The van der Waals surface area contributed by atoms with Crippen LogP contribution in [0.15, 0.2) is 54.6 Å². The van der Waals surface area contributed by atoms with Gasteiger partial charge in [0.25, 0.3) is 5.91 Å². The van der Waals surface area contributed by atoms with Crippen LogP contribution in [-0.2, 0) is 9.59 Å². The molecular formula is C22H24N4O5. The first-order valence-corrected chi connectivity index (χ1v) is 10.2. The van der Waals surface area contributed by atoms with Gasteiger partial charge in [-0.15, -0.1) is 0 Å². The third-order valence-corrected chi connectivity index (χ3v) is 5.21. The van der Waals surface area contributed by atoms with E-state index in [-0.39, 0.29) is 25.1 Å². The van der Waals surface area contributed by atoms with Crippen molar-refractivity contribution in [2.75, 3.05) is 25.0 Å². The lowest BCUT2D eigenvalue weighted by molar-refractivity contribution is -0.136. The lowest BCUT2D eigenvalue weighted by atomic mass is 9.98. The number of hydrogen-bond donors (Lipinski definition) is 3. The summed E-state index contributed by atoms with van der Waals surface area (Å²) in [5.41, 5.74) is 5.55. The van der Waals surface area contributed by atoms with E-state index >= 15 is 0 Å². The van der Waals surface area contributed by atoms with Crippen LogP contribution in [0.25, 0.3) is 0 Å². The van der Waals surface area contributed by atoms with Gasteiger partial charge in [-0.05, 0) is 37.1 Å². The molecular weight excluding hydrogens is 400 g/mol. The maximum absolute atomic E-state index is 12.6. The molecule has 0 spiro atoms. The number of likely N-dealkylation sites (tertiary alicyclic amines) is 1. The zero-order valence-corrected chi connectivity index (χ0v) is 16.9. The number of benzene rings is 2. The second-order valence-electron chi connectivity index (χ2n) is 7.42. The first-order valence-electron chi connectivity index (χ1n) is 10.2. The highest BCUT2D eigenvalue weighted by atomic mass is 16.6. The topological polar surface area (TPSA) is 109 Å². The van der Waals surface area contributed by atoms with Gasteiger partial charge in [-0.1, -0.05) is 30.3 Å². The maximum Gasteiger partial charge on any atom is 0.321 e. The first kappa shape index (κ1) is 20.5. The molecule has 9 heteroatoms. The number of nitrogens with one attached hydrogen (secondary N) is 3. The molecule has 0 unspecified atom stereocenters. The van der Waals surface area contributed by atoms with Gasteiger partial charge in [0.1, 0.15) is 6.61 Å². The van der Waals surface area contributed by atoms with Crippen molar-refractivity contribution in [3.8, 4) is 11.5 Å². The lowest BCUT2D eigenvalue weighted by Crippen LogP contribution is -2.54. The summed E-state index contributed by atoms with van der Waals surface area (Å²) in [6.07, 6.45) is 0.465. The zero-order valence-electron chi connectivity index (χ0n) is 16.9. The van der Waals surface area contributed by atoms with Crippen LogP contribution in [0.4, 0.5) is 10.5 Å². The number of piperidine rings is 1. The van der Waals surface area contributed by atoms with Crippen molar-refractivity contribution in [3.63, 3.8) is 0 Å². The van der Waals surface area contributed by atoms with Crippen molar-refractivity contribution in [2.24, 2.45) is 5.92 Å². The number of nitrogens with zero attached hydrogens (tertiary/aromatic N) is 1. The molecule has 162 valence electrons. The molecule has 2 aliphatic heterocycles. The Kier molecular flexibility index (Phi) is 6.21. The van der Waals surface area contributed by atoms with Gasteiger partial charge in [0, 0.05) is 18.8 Å². The smallest absolute Gasteiger partial charge is 0.321 e. The van der Waals surface area contributed by atoms with Gasteiger partial charge in [0.05, 0.1) is 5.92 Å². The molecule has 0 radical (unpaired) electrons. The monoisotopic (exact) mass is 424 g/mol. The van der Waals surface area contributed by atoms with Crippen LogP contribution in [0, 0.1) is 5.92 Å². The summed E-state index contributed by atoms with van der Waals surface area (Å²) in [5.74, 6) is -0.209. The van der Waals surface area contributed by atoms with Crippen molar-refractivity contribution in [2.45, 2.75) is 18.9 Å². The Balaban J connectivity index is 1.25. The third kappa shape index (κ3) is 5.06. The molecule has 0 bridgehead atoms. The Morgan fingerprint density at radius 3 is 2.42 bits per heavy atom. The summed E-state index contributed by atoms with van der Waals surface area (Å²) >= 11 is 0. The van der Waals surface area contributed by atoms with Crippen LogP contribution in [0.1, 0.15) is 12.8 Å². The summed E-state index contributed by atoms with van der Waals surface area (Å²) in [6.45, 7) is 0.897. The quantitative estimate of drug-likeness (QED) is 0.653. The fraction of sp³-hybridized carbons (Fsp3) is 0.318. The van der Waals surface area contributed by atoms with Crippen molar-refractivity contribution in [1.82, 2.24) is 15.8 Å². The number of para-hydroxylation sites is 3. The van der Waals surface area contributed by atoms with Crippen LogP contribution < -0.4 is 25.6 Å². The summed E-state index contributed by atoms with van der Waals surface area (Å²) in [6, 6.07) is 16.0. The normalized spacial score (nSPS) is 19.8. The predicted molar refractivity (Wildman–Crippen MR) is 112 cm³/mol. The molecule has 3 N–H and O–H groups in total. The van der Waals surface area contributed by atoms with E-state index < -0.39 is 17.9 Å². The van der Waals surface area contributed by atoms with Gasteiger partial charge in [0.2, 0.25) is 12.0 Å². The molecule has 2 heterocycles. The fourth-order valence-electron chi connectivity index (χ4n) is 3.55. The number of anilines is 1. The standard InChI is InChI=1S/C22H24N4O5/c27-20(24-25-21(28)19-14-30-17-10-4-5-11-18(17)31-19)15-7-6-12-26(13-15)22(29)23-16-8-2-1-3-9-16/h1-5,8-11,15,19H,6-7,12-14H2,(H,23,29)(H,24,27)(H,25,28)/t15-,19+/m1/s1. The summed E-state index contributed by atoms with van der Waals surface area (Å²) in [4.78, 5) is 39.0. The van der Waals surface area contributed by atoms with Crippen LogP contribution >= 0.6 is 0 Å². The van der Waals surface area contributed by atoms with Gasteiger partial charge in [-0.3, -0.25) is 20.4 Å². The van der Waals surface area contributed by atoms with E-state index in [1.165, 1.54) is 0 Å². The maximum atomic E-state index is 12.6. The van der Waals surface area contributed by atoms with Crippen LogP contribution in [0.2, 0.25) is 0 Å². The number of carbonyl (C=O) groups excluding carboxylic acids is 3. The molecule has 1 saturated heterocycles. The molecule has 0 saturated carbocycles. The Hall–Kier alpha value is -3.75. The number of hydrogen-bond acceptors (Lipinski definition) is 5. The molecule has 31 heavy (non-hydrogen) atoms. The zero-order chi connectivity index (χ0) is 21.6. The van der Waals surface area contributed by atoms with Crippen molar-refractivity contribution < 1.29 is 23.9 Å². The fourth-order valence-corrected chi connectivity index (χ4v) is 3.55. The van der Waals surface area contributed by atoms with Gasteiger partial charge in [0.15, 0.2) is 11.5 Å². The number of rotatable bonds is 3. The molecule has 2 aromatic rings. The molecule has 0 aliphatic carbocycles. The molecule has 9 nitrogen and oxygen atoms in total. The number of ether oxygens (including phenoxy) is 2. The highest BCUT2D eigenvalue weighted by molar-refractivity contribution is 5.90. The number of urea groups is 1. The van der Waals surface area contributed by atoms with E-state index in [4.69, 9.17) is 9.47 Å². The number of fused-ring (bicyclic) bond motifs is 1. The van der Waals surface area contributed by atoms with Gasteiger partial charge >= 0.3 is 6.03 Å². The summed E-state index contributed by atoms with van der Waals surface area (Å²) < 4.78 is 11.1. The summed E-state index contributed by atoms with van der Waals surface area (Å²) in [7, 11) is 0. The van der Waals surface area contributed by atoms with Crippen LogP contribution in [0.5, 0.6) is 11.5 Å². The first-order chi connectivity index (χ1) is 15.1. The van der Waals surface area contributed by atoms with Crippen molar-refractivity contribution >= 4 is 23.5 Å². The van der Waals surface area contributed by atoms with Crippen molar-refractivity contribution in [1.29, 1.82) is 0 Å². The van der Waals surface area contributed by atoms with Gasteiger partial charge in [-0.25, -0.2) is 4.79 Å². The van der Waals surface area contributed by atoms with E-state index in [1.54, 1.807) is 35.2 Å². The minimum atomic E-state index is -0.866. The predicted octanol–water partition coefficient (Wildman–Crippen LogP) is 1.92. The number of hydrazine groups is 1. The Bertz CT molecular complexity index is 952. The van der Waals surface area contributed by atoms with E-state index in [1.807, 2.05) is 24.3 Å². The molecule has 2 aromatic carbocycles. The minimum absolute atomic E-state index is 0.0512. The Morgan fingerprint density at radius 1 is 0.903 bits per heavy atom.